The number of hydrogen-bond donors (Lipinski definition) is 0. The molecule has 2 aromatic rings. The fourth-order valence-electron chi connectivity index (χ4n) is 1.49. The lowest BCUT2D eigenvalue weighted by molar-refractivity contribution is 0.597. The van der Waals surface area contributed by atoms with Crippen LogP contribution in [0.1, 0.15) is 17.1 Å². The second kappa shape index (κ2) is 5.39. The van der Waals surface area contributed by atoms with Gasteiger partial charge in [-0.1, -0.05) is 40.9 Å². The highest BCUT2D eigenvalue weighted by Crippen LogP contribution is 2.24. The molecule has 1 heterocycles. The smallest absolute Gasteiger partial charge is 0.181 e. The molecule has 1 aromatic carbocycles. The van der Waals surface area contributed by atoms with Gasteiger partial charge < -0.3 is 0 Å². The first-order chi connectivity index (χ1) is 8.47. The molecule has 0 atom stereocenters. The van der Waals surface area contributed by atoms with Gasteiger partial charge in [0.1, 0.15) is 5.82 Å². The number of aromatic nitrogens is 2. The van der Waals surface area contributed by atoms with Crippen LogP contribution in [0.5, 0.6) is 0 Å². The van der Waals surface area contributed by atoms with Crippen LogP contribution in [0.15, 0.2) is 18.2 Å². The lowest BCUT2D eigenvalue weighted by atomic mass is 10.1. The predicted molar refractivity (Wildman–Crippen MR) is 71.0 cm³/mol. The van der Waals surface area contributed by atoms with Gasteiger partial charge in [0.2, 0.25) is 0 Å². The number of benzene rings is 1. The van der Waals surface area contributed by atoms with Crippen LogP contribution in [0.2, 0.25) is 15.2 Å². The van der Waals surface area contributed by atoms with E-state index in [1.165, 1.54) is 0 Å². The summed E-state index contributed by atoms with van der Waals surface area (Å²) in [7, 11) is 0. The van der Waals surface area contributed by atoms with Crippen LogP contribution in [-0.2, 0) is 6.42 Å². The fourth-order valence-corrected chi connectivity index (χ4v) is 2.05. The lowest BCUT2D eigenvalue weighted by Crippen LogP contribution is -2.02. The quantitative estimate of drug-likeness (QED) is 0.765. The van der Waals surface area contributed by atoms with Gasteiger partial charge in [0.05, 0.1) is 15.7 Å². The molecule has 0 aliphatic rings. The lowest BCUT2D eigenvalue weighted by Gasteiger charge is -2.05. The van der Waals surface area contributed by atoms with Gasteiger partial charge in [-0.15, -0.1) is 0 Å². The van der Waals surface area contributed by atoms with Crippen molar-refractivity contribution in [2.24, 2.45) is 0 Å². The van der Waals surface area contributed by atoms with Crippen LogP contribution >= 0.6 is 34.8 Å². The van der Waals surface area contributed by atoms with Crippen molar-refractivity contribution >= 4 is 34.8 Å². The summed E-state index contributed by atoms with van der Waals surface area (Å²) in [6.45, 7) is 1.54. The molecule has 2 rings (SSSR count). The van der Waals surface area contributed by atoms with E-state index in [0.717, 1.165) is 5.56 Å². The average Bonchev–Trinajstić information content (AvgIpc) is 2.31. The van der Waals surface area contributed by atoms with Gasteiger partial charge in [-0.05, 0) is 24.6 Å². The first kappa shape index (κ1) is 13.5. The minimum Gasteiger partial charge on any atom is -0.235 e. The van der Waals surface area contributed by atoms with E-state index >= 15 is 0 Å². The van der Waals surface area contributed by atoms with E-state index in [9.17, 15) is 4.39 Å². The van der Waals surface area contributed by atoms with Crippen molar-refractivity contribution in [1.29, 1.82) is 0 Å². The molecule has 0 radical (unpaired) electrons. The van der Waals surface area contributed by atoms with Crippen molar-refractivity contribution in [1.82, 2.24) is 9.97 Å². The van der Waals surface area contributed by atoms with Crippen molar-refractivity contribution < 1.29 is 4.39 Å². The standard InChI is InChI=1S/C12H8Cl3FN2/c1-6-11(16)12(15)18-10(17-6)5-7-2-3-8(13)9(14)4-7/h2-4H,5H2,1H3. The Labute approximate surface area is 119 Å². The molecule has 0 bridgehead atoms. The Morgan fingerprint density at radius 3 is 2.44 bits per heavy atom. The van der Waals surface area contributed by atoms with Gasteiger partial charge in [-0.25, -0.2) is 14.4 Å². The number of halogens is 4. The first-order valence-electron chi connectivity index (χ1n) is 5.10. The molecule has 6 heteroatoms. The van der Waals surface area contributed by atoms with E-state index in [1.54, 1.807) is 19.1 Å². The summed E-state index contributed by atoms with van der Waals surface area (Å²) in [4.78, 5) is 7.92. The fraction of sp³-hybridized carbons (Fsp3) is 0.167. The Hall–Kier alpha value is -0.900. The van der Waals surface area contributed by atoms with Crippen molar-refractivity contribution in [2.45, 2.75) is 13.3 Å². The molecular formula is C12H8Cl3FN2. The number of rotatable bonds is 2. The minimum absolute atomic E-state index is 0.169. The van der Waals surface area contributed by atoms with Crippen molar-refractivity contribution in [3.63, 3.8) is 0 Å². The summed E-state index contributed by atoms with van der Waals surface area (Å²) in [5.74, 6) is -0.146. The first-order valence-corrected chi connectivity index (χ1v) is 6.23. The van der Waals surface area contributed by atoms with Gasteiger partial charge >= 0.3 is 0 Å². The van der Waals surface area contributed by atoms with E-state index in [1.807, 2.05) is 6.07 Å². The summed E-state index contributed by atoms with van der Waals surface area (Å²) in [6.07, 6.45) is 0.414. The molecule has 94 valence electrons. The van der Waals surface area contributed by atoms with E-state index in [2.05, 4.69) is 9.97 Å². The van der Waals surface area contributed by atoms with Gasteiger partial charge in [-0.2, -0.15) is 0 Å². The minimum atomic E-state index is -0.588. The monoisotopic (exact) mass is 304 g/mol. The zero-order valence-corrected chi connectivity index (χ0v) is 11.6. The molecule has 0 aliphatic heterocycles. The summed E-state index contributed by atoms with van der Waals surface area (Å²) < 4.78 is 13.3. The summed E-state index contributed by atoms with van der Waals surface area (Å²) in [6, 6.07) is 5.22. The highest BCUT2D eigenvalue weighted by molar-refractivity contribution is 6.42. The molecule has 0 fully saturated rings. The van der Waals surface area contributed by atoms with Crippen LogP contribution in [0.4, 0.5) is 4.39 Å². The Kier molecular flexibility index (Phi) is 4.05. The topological polar surface area (TPSA) is 25.8 Å². The number of nitrogens with zero attached hydrogens (tertiary/aromatic N) is 2. The van der Waals surface area contributed by atoms with E-state index in [-0.39, 0.29) is 10.8 Å². The molecular weight excluding hydrogens is 298 g/mol. The average molecular weight is 306 g/mol. The summed E-state index contributed by atoms with van der Waals surface area (Å²) in [5.41, 5.74) is 1.11. The van der Waals surface area contributed by atoms with Crippen molar-refractivity contribution in [3.05, 3.63) is 56.3 Å². The maximum absolute atomic E-state index is 13.3. The van der Waals surface area contributed by atoms with Crippen LogP contribution < -0.4 is 0 Å². The molecule has 0 saturated carbocycles. The predicted octanol–water partition coefficient (Wildman–Crippen LogP) is 4.48. The normalized spacial score (nSPS) is 10.7. The Morgan fingerprint density at radius 1 is 1.11 bits per heavy atom. The van der Waals surface area contributed by atoms with Crippen LogP contribution in [0.3, 0.4) is 0 Å². The van der Waals surface area contributed by atoms with Gasteiger partial charge in [-0.3, -0.25) is 0 Å². The zero-order valence-electron chi connectivity index (χ0n) is 9.35. The highest BCUT2D eigenvalue weighted by Gasteiger charge is 2.10. The van der Waals surface area contributed by atoms with Gasteiger partial charge in [0, 0.05) is 6.42 Å². The third-order valence-electron chi connectivity index (χ3n) is 2.37. The second-order valence-electron chi connectivity index (χ2n) is 3.76. The maximum Gasteiger partial charge on any atom is 0.181 e. The SMILES string of the molecule is Cc1nc(Cc2ccc(Cl)c(Cl)c2)nc(Cl)c1F. The molecule has 1 aromatic heterocycles. The van der Waals surface area contributed by atoms with Gasteiger partial charge in [0.25, 0.3) is 0 Å². The van der Waals surface area contributed by atoms with Crippen LogP contribution in [0.25, 0.3) is 0 Å². The molecule has 2 nitrogen and oxygen atoms in total. The van der Waals surface area contributed by atoms with E-state index < -0.39 is 5.82 Å². The summed E-state index contributed by atoms with van der Waals surface area (Å²) in [5, 5.41) is 0.770. The molecule has 0 amide bonds. The molecule has 0 N–H and O–H groups in total. The molecule has 0 saturated heterocycles. The van der Waals surface area contributed by atoms with Crippen LogP contribution in [0, 0.1) is 12.7 Å². The largest absolute Gasteiger partial charge is 0.235 e. The van der Waals surface area contributed by atoms with Crippen LogP contribution in [-0.4, -0.2) is 9.97 Å². The number of hydrogen-bond acceptors (Lipinski definition) is 2. The maximum atomic E-state index is 13.3. The Bertz CT molecular complexity index is 579. The molecule has 0 unspecified atom stereocenters. The molecule has 0 aliphatic carbocycles. The van der Waals surface area contributed by atoms with Gasteiger partial charge in [0.15, 0.2) is 11.0 Å². The second-order valence-corrected chi connectivity index (χ2v) is 4.93. The van der Waals surface area contributed by atoms with E-state index in [0.29, 0.717) is 22.3 Å². The van der Waals surface area contributed by atoms with E-state index in [4.69, 9.17) is 34.8 Å². The zero-order chi connectivity index (χ0) is 13.3. The third-order valence-corrected chi connectivity index (χ3v) is 3.36. The third kappa shape index (κ3) is 2.91. The highest BCUT2D eigenvalue weighted by atomic mass is 35.5. The molecule has 18 heavy (non-hydrogen) atoms. The number of aryl methyl sites for hydroxylation is 1. The summed E-state index contributed by atoms with van der Waals surface area (Å²) >= 11 is 17.4. The Morgan fingerprint density at radius 2 is 1.83 bits per heavy atom. The molecule has 0 spiro atoms. The van der Waals surface area contributed by atoms with Crippen molar-refractivity contribution in [3.8, 4) is 0 Å². The van der Waals surface area contributed by atoms with Crippen molar-refractivity contribution in [2.75, 3.05) is 0 Å². The Balaban J connectivity index is 2.31.